The predicted octanol–water partition coefficient (Wildman–Crippen LogP) is -0.149. The van der Waals surface area contributed by atoms with Gasteiger partial charge in [0.25, 0.3) is 0 Å². The molecule has 1 aliphatic rings. The smallest absolute Gasteiger partial charge is 0.306 e. The molecule has 4 nitrogen and oxygen atoms in total. The number of piperazine rings is 1. The molecule has 0 spiro atoms. The van der Waals surface area contributed by atoms with Crippen LogP contribution in [-0.2, 0) is 0 Å². The quantitative estimate of drug-likeness (QED) is 0.587. The Hall–Kier alpha value is -1.00. The van der Waals surface area contributed by atoms with Gasteiger partial charge >= 0.3 is 5.95 Å². The predicted molar refractivity (Wildman–Crippen MR) is 46.4 cm³/mol. The van der Waals surface area contributed by atoms with Gasteiger partial charge in [0.15, 0.2) is 0 Å². The summed E-state index contributed by atoms with van der Waals surface area (Å²) in [6, 6.07) is 1.84. The molecule has 1 aromatic rings. The van der Waals surface area contributed by atoms with Crippen molar-refractivity contribution in [1.29, 1.82) is 0 Å². The Bertz CT molecular complexity index is 230. The fraction of sp³-hybridized carbons (Fsp3) is 0.500. The maximum atomic E-state index is 4.19. The molecule has 0 aromatic carbocycles. The Morgan fingerprint density at radius 3 is 2.50 bits per heavy atom. The zero-order valence-corrected chi connectivity index (χ0v) is 6.90. The highest BCUT2D eigenvalue weighted by Gasteiger charge is 2.23. The molecular weight excluding hydrogens is 152 g/mol. The van der Waals surface area contributed by atoms with Crippen LogP contribution in [0.1, 0.15) is 0 Å². The number of hydrogen-bond acceptors (Lipinski definition) is 4. The van der Waals surface area contributed by atoms with Gasteiger partial charge in [0.2, 0.25) is 0 Å². The molecule has 1 saturated heterocycles. The van der Waals surface area contributed by atoms with Gasteiger partial charge in [0.1, 0.15) is 13.1 Å². The lowest BCUT2D eigenvalue weighted by Gasteiger charge is -2.14. The lowest BCUT2D eigenvalue weighted by atomic mass is 10.4. The van der Waals surface area contributed by atoms with E-state index in [1.165, 1.54) is 0 Å². The molecule has 0 unspecified atom stereocenters. The minimum Gasteiger partial charge on any atom is -0.306 e. The fourth-order valence-electron chi connectivity index (χ4n) is 1.32. The molecule has 0 aliphatic carbocycles. The van der Waals surface area contributed by atoms with Gasteiger partial charge in [-0.05, 0) is 6.07 Å². The van der Waals surface area contributed by atoms with Gasteiger partial charge in [0, 0.05) is 12.4 Å². The monoisotopic (exact) mass is 164 g/mol. The number of rotatable bonds is 1. The number of anilines is 1. The minimum atomic E-state index is 0.846. The van der Waals surface area contributed by atoms with Crippen LogP contribution < -0.4 is 10.2 Å². The molecule has 12 heavy (non-hydrogen) atoms. The molecule has 0 bridgehead atoms. The van der Waals surface area contributed by atoms with Crippen LogP contribution in [0, 0.1) is 0 Å². The summed E-state index contributed by atoms with van der Waals surface area (Å²) < 4.78 is 0. The highest BCUT2D eigenvalue weighted by Crippen LogP contribution is 2.03. The first-order chi connectivity index (χ1) is 5.97. The van der Waals surface area contributed by atoms with Crippen molar-refractivity contribution in [3.05, 3.63) is 18.5 Å². The van der Waals surface area contributed by atoms with E-state index in [0.717, 1.165) is 32.1 Å². The van der Waals surface area contributed by atoms with Crippen molar-refractivity contribution >= 4 is 5.95 Å². The Balaban J connectivity index is 2.08. The molecule has 0 saturated carbocycles. The fourth-order valence-corrected chi connectivity index (χ4v) is 1.32. The van der Waals surface area contributed by atoms with E-state index in [1.54, 1.807) is 12.4 Å². The Morgan fingerprint density at radius 1 is 1.17 bits per heavy atom. The second-order valence-electron chi connectivity index (χ2n) is 2.79. The van der Waals surface area contributed by atoms with Gasteiger partial charge in [-0.2, -0.15) is 9.97 Å². The van der Waals surface area contributed by atoms with Crippen LogP contribution in [0.5, 0.6) is 0 Å². The Morgan fingerprint density at radius 2 is 1.83 bits per heavy atom. The van der Waals surface area contributed by atoms with E-state index in [1.807, 2.05) is 6.07 Å². The van der Waals surface area contributed by atoms with Gasteiger partial charge in [0.05, 0.1) is 13.1 Å². The normalized spacial score (nSPS) is 19.3. The van der Waals surface area contributed by atoms with E-state index < -0.39 is 0 Å². The van der Waals surface area contributed by atoms with Crippen molar-refractivity contribution in [2.45, 2.75) is 0 Å². The molecule has 1 fully saturated rings. The van der Waals surface area contributed by atoms with Crippen LogP contribution in [0.2, 0.25) is 0 Å². The number of nitrogens with one attached hydrogen (secondary N) is 1. The average Bonchev–Trinajstić information content (AvgIpc) is 2.21. The topological polar surface area (TPSA) is 43.7 Å². The summed E-state index contributed by atoms with van der Waals surface area (Å²) in [6.07, 6.45) is 3.56. The molecule has 2 heterocycles. The summed E-state index contributed by atoms with van der Waals surface area (Å²) in [6.45, 7) is 4.06. The molecule has 1 radical (unpaired) electrons. The molecule has 0 atom stereocenters. The van der Waals surface area contributed by atoms with E-state index in [-0.39, 0.29) is 0 Å². The molecule has 4 heteroatoms. The summed E-state index contributed by atoms with van der Waals surface area (Å²) in [5.41, 5.74) is 0. The van der Waals surface area contributed by atoms with Gasteiger partial charge in [-0.25, -0.2) is 0 Å². The third-order valence-electron chi connectivity index (χ3n) is 1.95. The molecular formula is C8H12N4+. The van der Waals surface area contributed by atoms with Crippen LogP contribution in [0.3, 0.4) is 0 Å². The van der Waals surface area contributed by atoms with Crippen LogP contribution in [0.4, 0.5) is 5.95 Å². The van der Waals surface area contributed by atoms with E-state index in [4.69, 9.17) is 0 Å². The SMILES string of the molecule is c1cnc([N+]2CCNCC2)nc1. The summed E-state index contributed by atoms with van der Waals surface area (Å²) in [7, 11) is 0. The lowest BCUT2D eigenvalue weighted by Crippen LogP contribution is -2.45. The van der Waals surface area contributed by atoms with E-state index >= 15 is 0 Å². The Labute approximate surface area is 71.6 Å². The number of aromatic nitrogens is 2. The van der Waals surface area contributed by atoms with Crippen molar-refractivity contribution in [2.75, 3.05) is 26.2 Å². The second kappa shape index (κ2) is 3.60. The van der Waals surface area contributed by atoms with Gasteiger partial charge in [-0.15, -0.1) is 0 Å². The van der Waals surface area contributed by atoms with E-state index in [0.29, 0.717) is 0 Å². The first kappa shape index (κ1) is 7.64. The zero-order valence-electron chi connectivity index (χ0n) is 6.90. The maximum absolute atomic E-state index is 4.19. The van der Waals surface area contributed by atoms with Crippen LogP contribution in [-0.4, -0.2) is 36.1 Å². The highest BCUT2D eigenvalue weighted by atomic mass is 15.3. The second-order valence-corrected chi connectivity index (χ2v) is 2.79. The van der Waals surface area contributed by atoms with E-state index in [2.05, 4.69) is 20.2 Å². The van der Waals surface area contributed by atoms with Gasteiger partial charge in [-0.3, -0.25) is 0 Å². The standard InChI is InChI=1S/C8H12N4/c1-2-10-8(11-3-1)12-6-4-9-5-7-12/h1-3,9H,4-7H2/q+1. The number of hydrogen-bond donors (Lipinski definition) is 1. The lowest BCUT2D eigenvalue weighted by molar-refractivity contribution is 0.425. The molecule has 2 rings (SSSR count). The van der Waals surface area contributed by atoms with Crippen molar-refractivity contribution < 1.29 is 0 Å². The van der Waals surface area contributed by atoms with Crippen molar-refractivity contribution in [3.8, 4) is 0 Å². The first-order valence-corrected chi connectivity index (χ1v) is 4.19. The van der Waals surface area contributed by atoms with Crippen LogP contribution in [0.25, 0.3) is 0 Å². The van der Waals surface area contributed by atoms with Crippen molar-refractivity contribution in [3.63, 3.8) is 0 Å². The third-order valence-corrected chi connectivity index (χ3v) is 1.95. The summed E-state index contributed by atoms with van der Waals surface area (Å²) >= 11 is 0. The summed E-state index contributed by atoms with van der Waals surface area (Å²) in [5, 5.41) is 3.29. The van der Waals surface area contributed by atoms with Gasteiger partial charge in [-0.1, -0.05) is 4.90 Å². The third kappa shape index (κ3) is 1.60. The molecule has 0 amide bonds. The largest absolute Gasteiger partial charge is 0.378 e. The van der Waals surface area contributed by atoms with E-state index in [9.17, 15) is 0 Å². The average molecular weight is 164 g/mol. The first-order valence-electron chi connectivity index (χ1n) is 4.19. The minimum absolute atomic E-state index is 0.846. The number of nitrogens with zero attached hydrogens (tertiary/aromatic N) is 3. The highest BCUT2D eigenvalue weighted by molar-refractivity contribution is 5.16. The molecule has 1 aromatic heterocycles. The van der Waals surface area contributed by atoms with Crippen LogP contribution >= 0.6 is 0 Å². The van der Waals surface area contributed by atoms with Gasteiger partial charge < -0.3 is 5.32 Å². The van der Waals surface area contributed by atoms with Crippen molar-refractivity contribution in [2.24, 2.45) is 0 Å². The zero-order chi connectivity index (χ0) is 8.23. The molecule has 1 N–H and O–H groups in total. The Kier molecular flexibility index (Phi) is 2.29. The van der Waals surface area contributed by atoms with Crippen molar-refractivity contribution in [1.82, 2.24) is 20.2 Å². The molecule has 63 valence electrons. The van der Waals surface area contributed by atoms with Crippen LogP contribution in [0.15, 0.2) is 18.5 Å². The summed E-state index contributed by atoms with van der Waals surface area (Å²) in [5.74, 6) is 0.846. The summed E-state index contributed by atoms with van der Waals surface area (Å²) in [4.78, 5) is 10.6. The molecule has 1 aliphatic heterocycles. The maximum Gasteiger partial charge on any atom is 0.378 e.